The SMILES string of the molecule is C.C.C.CC1=Cc2cc(Br)cnc2C(Cl)c2ccc(Cl)cc21.CC1=Cc2cc(Br)cnc2C(N2CCN(C(=O)OC(C)(C)C)CC2)c2ccc(Cl)cc21. The van der Waals surface area contributed by atoms with Gasteiger partial charge in [-0.1, -0.05) is 57.6 Å². The molecular weight excluding hydrogens is 859 g/mol. The maximum atomic E-state index is 12.5. The molecule has 1 aliphatic heterocycles. The molecule has 0 N–H and O–H groups in total. The molecule has 0 saturated carbocycles. The van der Waals surface area contributed by atoms with E-state index in [9.17, 15) is 4.79 Å². The van der Waals surface area contributed by atoms with Gasteiger partial charge in [0.15, 0.2) is 0 Å². The Bertz CT molecular complexity index is 2020. The zero-order chi connectivity index (χ0) is 35.9. The number of rotatable bonds is 1. The zero-order valence-electron chi connectivity index (χ0n) is 28.4. The van der Waals surface area contributed by atoms with Crippen molar-refractivity contribution in [1.82, 2.24) is 19.8 Å². The standard InChI is InChI=1S/C24H27BrClN3O2.C15H10BrCl2N.3CH4/c1-15-11-16-12-17(25)14-27-21(16)22(19-6-5-18(26)13-20(15)19)28-7-9-29(10-8-28)23(30)31-24(2,3)4;1-8-4-9-5-10(16)7-19-15(9)14(18)12-3-2-11(17)6-13(8)12;;;/h5-6,11-14,22H,7-10H2,1-4H3;2-7,14H,1H3;3*1H4. The maximum absolute atomic E-state index is 12.5. The molecule has 2 unspecified atom stereocenters. The van der Waals surface area contributed by atoms with E-state index >= 15 is 0 Å². The van der Waals surface area contributed by atoms with Crippen LogP contribution in [0.1, 0.15) is 113 Å². The number of allylic oxidation sites excluding steroid dienone is 2. The van der Waals surface area contributed by atoms with Crippen LogP contribution in [0.4, 0.5) is 4.79 Å². The minimum Gasteiger partial charge on any atom is -0.444 e. The molecular formula is C42H49Br2Cl3N4O2. The predicted molar refractivity (Wildman–Crippen MR) is 233 cm³/mol. The smallest absolute Gasteiger partial charge is 0.410 e. The third-order valence-electron chi connectivity index (χ3n) is 8.85. The largest absolute Gasteiger partial charge is 0.444 e. The number of hydrogen-bond acceptors (Lipinski definition) is 5. The second-order valence-corrected chi connectivity index (χ2v) is 16.8. The van der Waals surface area contributed by atoms with E-state index in [0.717, 1.165) is 82.4 Å². The summed E-state index contributed by atoms with van der Waals surface area (Å²) in [4.78, 5) is 26.0. The lowest BCUT2D eigenvalue weighted by atomic mass is 9.94. The van der Waals surface area contributed by atoms with Crippen LogP contribution >= 0.6 is 66.7 Å². The van der Waals surface area contributed by atoms with Crippen molar-refractivity contribution < 1.29 is 9.53 Å². The maximum Gasteiger partial charge on any atom is 0.410 e. The molecule has 2 aromatic heterocycles. The van der Waals surface area contributed by atoms with E-state index in [0.29, 0.717) is 13.1 Å². The van der Waals surface area contributed by atoms with Gasteiger partial charge in [0.05, 0.1) is 17.4 Å². The lowest BCUT2D eigenvalue weighted by Crippen LogP contribution is -2.51. The zero-order valence-corrected chi connectivity index (χ0v) is 33.8. The number of nitrogens with zero attached hydrogens (tertiary/aromatic N) is 4. The van der Waals surface area contributed by atoms with E-state index in [1.807, 2.05) is 63.4 Å². The van der Waals surface area contributed by atoms with Crippen LogP contribution < -0.4 is 0 Å². The average molecular weight is 908 g/mol. The van der Waals surface area contributed by atoms with Gasteiger partial charge >= 0.3 is 6.09 Å². The minimum absolute atomic E-state index is 0. The second kappa shape index (κ2) is 18.3. The highest BCUT2D eigenvalue weighted by Gasteiger charge is 2.34. The molecule has 4 aromatic rings. The first-order chi connectivity index (χ1) is 23.7. The number of ether oxygens (including phenoxy) is 1. The van der Waals surface area contributed by atoms with Crippen molar-refractivity contribution in [1.29, 1.82) is 0 Å². The summed E-state index contributed by atoms with van der Waals surface area (Å²) in [6.07, 6.45) is 7.66. The first-order valence-corrected chi connectivity index (χ1v) is 19.1. The van der Waals surface area contributed by atoms with Crippen LogP contribution in [0.3, 0.4) is 0 Å². The Morgan fingerprint density at radius 1 is 0.755 bits per heavy atom. The van der Waals surface area contributed by atoms with Gasteiger partial charge in [-0.2, -0.15) is 0 Å². The summed E-state index contributed by atoms with van der Waals surface area (Å²) in [7, 11) is 0. The minimum atomic E-state index is -0.493. The summed E-state index contributed by atoms with van der Waals surface area (Å²) in [6, 6.07) is 16.0. The predicted octanol–water partition coefficient (Wildman–Crippen LogP) is 13.6. The number of fused-ring (bicyclic) bond motifs is 4. The van der Waals surface area contributed by atoms with Crippen LogP contribution in [0.15, 0.2) is 69.9 Å². The number of hydrogen-bond donors (Lipinski definition) is 0. The van der Waals surface area contributed by atoms with Crippen LogP contribution in [-0.2, 0) is 4.74 Å². The highest BCUT2D eigenvalue weighted by Crippen LogP contribution is 2.42. The Morgan fingerprint density at radius 2 is 1.23 bits per heavy atom. The molecule has 0 radical (unpaired) electrons. The molecule has 2 aliphatic carbocycles. The molecule has 6 nitrogen and oxygen atoms in total. The second-order valence-electron chi connectivity index (χ2n) is 13.6. The molecule has 1 amide bonds. The fraction of sp³-hybridized carbons (Fsp3) is 0.357. The van der Waals surface area contributed by atoms with Crippen molar-refractivity contribution in [3.63, 3.8) is 0 Å². The van der Waals surface area contributed by atoms with E-state index < -0.39 is 5.60 Å². The number of carbonyl (C=O) groups is 1. The van der Waals surface area contributed by atoms with Crippen LogP contribution in [-0.4, -0.2) is 57.6 Å². The van der Waals surface area contributed by atoms with Crippen molar-refractivity contribution in [2.24, 2.45) is 0 Å². The molecule has 2 atom stereocenters. The first-order valence-electron chi connectivity index (χ1n) is 16.3. The number of piperazine rings is 1. The fourth-order valence-corrected chi connectivity index (χ4v) is 7.99. The summed E-state index contributed by atoms with van der Waals surface area (Å²) in [6.45, 7) is 12.6. The Balaban J connectivity index is 0.000000297. The molecule has 53 heavy (non-hydrogen) atoms. The number of pyridine rings is 2. The van der Waals surface area contributed by atoms with E-state index in [4.69, 9.17) is 44.5 Å². The van der Waals surface area contributed by atoms with Gasteiger partial charge in [-0.05, 0) is 160 Å². The summed E-state index contributed by atoms with van der Waals surface area (Å²) >= 11 is 26.0. The number of aromatic nitrogens is 2. The van der Waals surface area contributed by atoms with Gasteiger partial charge in [-0.3, -0.25) is 14.9 Å². The molecule has 7 rings (SSSR count). The fourth-order valence-electron chi connectivity index (χ4n) is 6.58. The lowest BCUT2D eigenvalue weighted by Gasteiger charge is -2.40. The monoisotopic (exact) mass is 904 g/mol. The van der Waals surface area contributed by atoms with Gasteiger partial charge in [0.25, 0.3) is 0 Å². The Hall–Kier alpha value is -2.72. The molecule has 2 aromatic carbocycles. The van der Waals surface area contributed by atoms with Crippen LogP contribution in [0, 0.1) is 0 Å². The van der Waals surface area contributed by atoms with Crippen molar-refractivity contribution in [2.75, 3.05) is 26.2 Å². The number of halogens is 5. The summed E-state index contributed by atoms with van der Waals surface area (Å²) < 4.78 is 7.46. The van der Waals surface area contributed by atoms with Crippen molar-refractivity contribution >= 4 is 96.1 Å². The molecule has 3 heterocycles. The molecule has 0 spiro atoms. The topological polar surface area (TPSA) is 58.6 Å². The van der Waals surface area contributed by atoms with Gasteiger partial charge in [0.1, 0.15) is 11.0 Å². The van der Waals surface area contributed by atoms with E-state index in [1.165, 1.54) is 5.56 Å². The number of benzene rings is 2. The third-order valence-corrected chi connectivity index (χ3v) is 10.6. The van der Waals surface area contributed by atoms with Gasteiger partial charge in [0, 0.05) is 57.6 Å². The third kappa shape index (κ3) is 10.1. The average Bonchev–Trinajstić information content (AvgIpc) is 3.23. The van der Waals surface area contributed by atoms with E-state index in [2.05, 4.69) is 79.9 Å². The van der Waals surface area contributed by atoms with E-state index in [-0.39, 0.29) is 39.8 Å². The van der Waals surface area contributed by atoms with Crippen molar-refractivity contribution in [3.8, 4) is 0 Å². The molecule has 0 bridgehead atoms. The quantitative estimate of drug-likeness (QED) is 0.178. The highest BCUT2D eigenvalue weighted by molar-refractivity contribution is 9.10. The summed E-state index contributed by atoms with van der Waals surface area (Å²) in [5, 5.41) is 1.18. The van der Waals surface area contributed by atoms with E-state index in [1.54, 1.807) is 11.1 Å². The molecule has 3 aliphatic rings. The highest BCUT2D eigenvalue weighted by atomic mass is 79.9. The van der Waals surface area contributed by atoms with Crippen molar-refractivity contribution in [2.45, 2.75) is 73.9 Å². The van der Waals surface area contributed by atoms with Gasteiger partial charge in [0.2, 0.25) is 0 Å². The number of carbonyl (C=O) groups excluding carboxylic acids is 1. The van der Waals surface area contributed by atoms with Crippen LogP contribution in [0.2, 0.25) is 10.0 Å². The first kappa shape index (κ1) is 44.7. The Kier molecular flexibility index (Phi) is 15.4. The number of alkyl halides is 1. The summed E-state index contributed by atoms with van der Waals surface area (Å²) in [5.74, 6) is 0. The lowest BCUT2D eigenvalue weighted by molar-refractivity contribution is 0.0118. The molecule has 11 heteroatoms. The van der Waals surface area contributed by atoms with Gasteiger partial charge < -0.3 is 9.64 Å². The van der Waals surface area contributed by atoms with Crippen LogP contribution in [0.25, 0.3) is 23.3 Å². The number of amides is 1. The Labute approximate surface area is 347 Å². The Morgan fingerprint density at radius 3 is 1.75 bits per heavy atom. The summed E-state index contributed by atoms with van der Waals surface area (Å²) in [5.41, 5.74) is 10.3. The molecule has 1 saturated heterocycles. The van der Waals surface area contributed by atoms with Gasteiger partial charge in [-0.15, -0.1) is 11.6 Å². The molecule has 284 valence electrons. The molecule has 1 fully saturated rings. The van der Waals surface area contributed by atoms with Crippen molar-refractivity contribution in [3.05, 3.63) is 125 Å². The van der Waals surface area contributed by atoms with Gasteiger partial charge in [-0.25, -0.2) is 4.79 Å². The van der Waals surface area contributed by atoms with Crippen LogP contribution in [0.5, 0.6) is 0 Å². The normalized spacial score (nSPS) is 17.4.